The number of carbonyl (C=O) groups excluding carboxylic acids is 3. The van der Waals surface area contributed by atoms with Crippen LogP contribution in [0.15, 0.2) is 53.0 Å². The fraction of sp³-hybridized carbons (Fsp3) is 0.300. The maximum Gasteiger partial charge on any atom is 0.416 e. The van der Waals surface area contributed by atoms with Crippen molar-refractivity contribution in [2.75, 3.05) is 0 Å². The van der Waals surface area contributed by atoms with Gasteiger partial charge in [0.2, 0.25) is 0 Å². The number of nitrogens with two attached hydrogens (primary N) is 1. The second-order valence-corrected chi connectivity index (χ2v) is 11.1. The molecule has 0 radical (unpaired) electrons. The number of ketones is 2. The van der Waals surface area contributed by atoms with Crippen molar-refractivity contribution in [3.05, 3.63) is 86.4 Å². The van der Waals surface area contributed by atoms with Gasteiger partial charge in [-0.15, -0.1) is 0 Å². The monoisotopic (exact) mass is 639 g/mol. The van der Waals surface area contributed by atoms with E-state index >= 15 is 0 Å². The van der Waals surface area contributed by atoms with E-state index in [1.165, 1.54) is 19.1 Å². The number of hydrogen-bond acceptors (Lipinski definition) is 8. The number of phenolic OH excluding ortho intramolecular Hbond substituents is 1. The van der Waals surface area contributed by atoms with Gasteiger partial charge in [0.15, 0.2) is 17.2 Å². The van der Waals surface area contributed by atoms with Crippen LogP contribution in [0.3, 0.4) is 0 Å². The molecule has 3 aliphatic carbocycles. The Kier molecular flexibility index (Phi) is 7.21. The summed E-state index contributed by atoms with van der Waals surface area (Å²) in [6.45, 7) is 1.49. The number of carbonyl (C=O) groups is 3. The molecule has 0 heterocycles. The first-order valence-corrected chi connectivity index (χ1v) is 13.2. The molecule has 3 aliphatic rings. The Balaban J connectivity index is 1.64. The van der Waals surface area contributed by atoms with Crippen molar-refractivity contribution < 1.29 is 66.3 Å². The van der Waals surface area contributed by atoms with E-state index in [0.29, 0.717) is 12.1 Å². The summed E-state index contributed by atoms with van der Waals surface area (Å²) < 4.78 is 79.6. The van der Waals surface area contributed by atoms with Crippen molar-refractivity contribution in [3.63, 3.8) is 0 Å². The van der Waals surface area contributed by atoms with Gasteiger partial charge >= 0.3 is 12.4 Å². The Labute approximate surface area is 249 Å². The summed E-state index contributed by atoms with van der Waals surface area (Å²) in [7, 11) is 0. The molecule has 0 unspecified atom stereocenters. The summed E-state index contributed by atoms with van der Waals surface area (Å²) in [5, 5.41) is 55.6. The molecule has 238 valence electrons. The molecule has 45 heavy (non-hydrogen) atoms. The molecule has 2 aromatic carbocycles. The van der Waals surface area contributed by atoms with Gasteiger partial charge in [-0.2, -0.15) is 26.3 Å². The number of alkyl halides is 6. The topological polar surface area (TPSA) is 178 Å². The molecule has 1 amide bonds. The highest BCUT2D eigenvalue weighted by Crippen LogP contribution is 2.55. The maximum absolute atomic E-state index is 13.8. The number of primary amides is 1. The molecule has 0 fully saturated rings. The number of benzene rings is 2. The van der Waals surface area contributed by atoms with E-state index in [4.69, 9.17) is 5.73 Å². The van der Waals surface area contributed by atoms with Crippen LogP contribution in [0.25, 0.3) is 12.2 Å². The zero-order chi connectivity index (χ0) is 33.5. The van der Waals surface area contributed by atoms with E-state index < -0.39 is 116 Å². The lowest BCUT2D eigenvalue weighted by atomic mass is 9.57. The van der Waals surface area contributed by atoms with Crippen molar-refractivity contribution in [2.45, 2.75) is 43.3 Å². The molecule has 5 atom stereocenters. The first-order valence-electron chi connectivity index (χ1n) is 13.2. The third-order valence-corrected chi connectivity index (χ3v) is 8.60. The van der Waals surface area contributed by atoms with Crippen LogP contribution in [-0.2, 0) is 21.9 Å². The molecule has 5 rings (SSSR count). The van der Waals surface area contributed by atoms with Crippen LogP contribution in [0, 0.1) is 11.8 Å². The number of hydrogen-bond donors (Lipinski definition) is 6. The Morgan fingerprint density at radius 2 is 1.53 bits per heavy atom. The molecule has 0 spiro atoms. The largest absolute Gasteiger partial charge is 0.508 e. The lowest BCUT2D eigenvalue weighted by molar-refractivity contribution is -0.143. The van der Waals surface area contributed by atoms with Crippen molar-refractivity contribution in [3.8, 4) is 5.75 Å². The second kappa shape index (κ2) is 10.2. The predicted octanol–water partition coefficient (Wildman–Crippen LogP) is 4.32. The minimum Gasteiger partial charge on any atom is -0.508 e. The SMILES string of the molecule is C[C@H]1c2ccc(/C=C/c3cc(C(F)(F)F)cc(C(F)(F)F)c3)c(O)c2C(=O)C2=C(O)[C@]3(O)C(O)=C(C(N)=O)C(=O)C[C@@H]3[C@@H](O)[C@@H]21. The minimum atomic E-state index is -5.10. The molecule has 7 N–H and O–H groups in total. The standard InChI is InChI=1S/C30H23F6NO8/c1-10-15-5-4-12(3-2-11-6-13(29(31,32)33)8-14(7-11)30(34,35)36)22(39)19(15)24(41)21-18(10)23(40)16-9-17(38)20(27(37)44)25(42)28(16,45)26(21)43/h2-8,10,16,18,23,39-40,42-43,45H,9H2,1H3,(H2,37,44)/b3-2+/t10-,16+,18+,23+,28+/m0/s1. The average Bonchev–Trinajstić information content (AvgIpc) is 2.93. The molecule has 0 bridgehead atoms. The van der Waals surface area contributed by atoms with Gasteiger partial charge in [0.05, 0.1) is 22.8 Å². The highest BCUT2D eigenvalue weighted by Gasteiger charge is 2.63. The molecule has 9 nitrogen and oxygen atoms in total. The zero-order valence-electron chi connectivity index (χ0n) is 22.9. The number of rotatable bonds is 3. The number of aliphatic hydroxyl groups is 4. The van der Waals surface area contributed by atoms with E-state index in [1.54, 1.807) is 0 Å². The average molecular weight is 640 g/mol. The third-order valence-electron chi connectivity index (χ3n) is 8.60. The van der Waals surface area contributed by atoms with Crippen molar-refractivity contribution in [1.29, 1.82) is 0 Å². The lowest BCUT2D eigenvalue weighted by Crippen LogP contribution is -2.60. The van der Waals surface area contributed by atoms with Gasteiger partial charge in [0.1, 0.15) is 22.8 Å². The highest BCUT2D eigenvalue weighted by molar-refractivity contribution is 6.20. The molecule has 0 saturated carbocycles. The molecule has 0 saturated heterocycles. The smallest absolute Gasteiger partial charge is 0.416 e. The van der Waals surface area contributed by atoms with Gasteiger partial charge in [-0.1, -0.05) is 31.2 Å². The summed E-state index contributed by atoms with van der Waals surface area (Å²) >= 11 is 0. The number of Topliss-reactive ketones (excluding diaryl/α,β-unsaturated/α-hetero) is 2. The number of aliphatic hydroxyl groups excluding tert-OH is 3. The number of fused-ring (bicyclic) bond motifs is 3. The van der Waals surface area contributed by atoms with Gasteiger partial charge < -0.3 is 31.3 Å². The van der Waals surface area contributed by atoms with Crippen LogP contribution in [-0.4, -0.2) is 54.7 Å². The summed E-state index contributed by atoms with van der Waals surface area (Å²) in [6.07, 6.45) is -10.9. The van der Waals surface area contributed by atoms with E-state index in [9.17, 15) is 66.3 Å². The fourth-order valence-electron chi connectivity index (χ4n) is 6.41. The Bertz CT molecular complexity index is 1740. The summed E-state index contributed by atoms with van der Waals surface area (Å²) in [5.74, 6) is -10.7. The molecule has 15 heteroatoms. The maximum atomic E-state index is 13.8. The highest BCUT2D eigenvalue weighted by atomic mass is 19.4. The second-order valence-electron chi connectivity index (χ2n) is 11.1. The van der Waals surface area contributed by atoms with Crippen molar-refractivity contribution in [1.82, 2.24) is 0 Å². The summed E-state index contributed by atoms with van der Waals surface area (Å²) in [6, 6.07) is 3.41. The number of amides is 1. The summed E-state index contributed by atoms with van der Waals surface area (Å²) in [5.41, 5.74) is -3.78. The Hall–Kier alpha value is -4.63. The van der Waals surface area contributed by atoms with Gasteiger partial charge in [0, 0.05) is 29.4 Å². The van der Waals surface area contributed by atoms with E-state index in [-0.39, 0.29) is 17.2 Å². The normalized spacial score (nSPS) is 27.0. The molecule has 0 aliphatic heterocycles. The predicted molar refractivity (Wildman–Crippen MR) is 142 cm³/mol. The molecule has 0 aromatic heterocycles. The third kappa shape index (κ3) is 4.77. The lowest BCUT2D eigenvalue weighted by Gasteiger charge is -2.50. The van der Waals surface area contributed by atoms with Gasteiger partial charge in [-0.3, -0.25) is 14.4 Å². The van der Waals surface area contributed by atoms with Gasteiger partial charge in [-0.05, 0) is 35.2 Å². The number of aromatic hydroxyl groups is 1. The van der Waals surface area contributed by atoms with Crippen LogP contribution < -0.4 is 5.73 Å². The van der Waals surface area contributed by atoms with Crippen LogP contribution >= 0.6 is 0 Å². The minimum absolute atomic E-state index is 0.0525. The number of halogens is 6. The first-order chi connectivity index (χ1) is 20.7. The van der Waals surface area contributed by atoms with Gasteiger partial charge in [0.25, 0.3) is 5.91 Å². The Morgan fingerprint density at radius 3 is 2.07 bits per heavy atom. The van der Waals surface area contributed by atoms with E-state index in [1.807, 2.05) is 0 Å². The Morgan fingerprint density at radius 1 is 0.956 bits per heavy atom. The van der Waals surface area contributed by atoms with E-state index in [2.05, 4.69) is 0 Å². The van der Waals surface area contributed by atoms with Crippen LogP contribution in [0.1, 0.15) is 57.4 Å². The fourth-order valence-corrected chi connectivity index (χ4v) is 6.41. The van der Waals surface area contributed by atoms with Crippen molar-refractivity contribution >= 4 is 29.6 Å². The quantitative estimate of drug-likeness (QED) is 0.163. The van der Waals surface area contributed by atoms with Crippen molar-refractivity contribution in [2.24, 2.45) is 17.6 Å². The zero-order valence-corrected chi connectivity index (χ0v) is 22.9. The van der Waals surface area contributed by atoms with Crippen LogP contribution in [0.2, 0.25) is 0 Å². The van der Waals surface area contributed by atoms with Gasteiger partial charge in [-0.25, -0.2) is 0 Å². The van der Waals surface area contributed by atoms with E-state index in [0.717, 1.165) is 12.2 Å². The summed E-state index contributed by atoms with van der Waals surface area (Å²) in [4.78, 5) is 38.1. The molecule has 2 aromatic rings. The molecular weight excluding hydrogens is 616 g/mol. The first kappa shape index (κ1) is 31.8. The van der Waals surface area contributed by atoms with Crippen LogP contribution in [0.5, 0.6) is 5.75 Å². The van der Waals surface area contributed by atoms with Crippen LogP contribution in [0.4, 0.5) is 26.3 Å². The molecular formula is C30H23F6NO8. The number of phenols is 1.